The molecule has 0 aromatic carbocycles. The molecule has 1 aliphatic rings. The van der Waals surface area contributed by atoms with Gasteiger partial charge in [-0.25, -0.2) is 9.78 Å². The number of rotatable bonds is 5. The van der Waals surface area contributed by atoms with Gasteiger partial charge < -0.3 is 15.3 Å². The average Bonchev–Trinajstić information content (AvgIpc) is 3.23. The van der Waals surface area contributed by atoms with Gasteiger partial charge in [-0.15, -0.1) is 0 Å². The van der Waals surface area contributed by atoms with E-state index in [-0.39, 0.29) is 13.0 Å². The molecule has 2 aromatic rings. The second-order valence-electron chi connectivity index (χ2n) is 7.05. The fourth-order valence-electron chi connectivity index (χ4n) is 3.32. The Hall–Kier alpha value is -3.05. The van der Waals surface area contributed by atoms with Crippen LogP contribution < -0.4 is 10.2 Å². The maximum atomic E-state index is 13.1. The van der Waals surface area contributed by atoms with Crippen molar-refractivity contribution >= 4 is 23.7 Å². The number of aryl methyl sites for hydroxylation is 2. The molecule has 3 heterocycles. The van der Waals surface area contributed by atoms with Gasteiger partial charge in [-0.2, -0.15) is 23.3 Å². The third kappa shape index (κ3) is 4.69. The van der Waals surface area contributed by atoms with Crippen molar-refractivity contribution in [3.63, 3.8) is 0 Å². The van der Waals surface area contributed by atoms with E-state index in [1.165, 1.54) is 0 Å². The van der Waals surface area contributed by atoms with Crippen molar-refractivity contribution in [1.82, 2.24) is 25.1 Å². The van der Waals surface area contributed by atoms with Crippen LogP contribution in [0.3, 0.4) is 0 Å². The summed E-state index contributed by atoms with van der Waals surface area (Å²) in [6.07, 6.45) is -5.97. The van der Waals surface area contributed by atoms with Crippen LogP contribution in [0.1, 0.15) is 24.7 Å². The highest BCUT2D eigenvalue weighted by Crippen LogP contribution is 2.30. The Morgan fingerprint density at radius 2 is 2.07 bits per heavy atom. The number of halogens is 3. The molecule has 12 heteroatoms. The van der Waals surface area contributed by atoms with Gasteiger partial charge in [0.1, 0.15) is 11.9 Å². The molecule has 0 bridgehead atoms. The standard InChI is InChI=1S/C17H22F3N7O2/c1-9-6-13(22-14-7-10(2)24-25-14)23-15(21-9)26-5-4-12(8-26)27(16(28)29)11(3)17(18,19)20/h6-7,11-12H,4-5,8H2,1-3H3,(H,28,29)(H2,21,22,23,24,25)/t11-,12-/m0/s1. The summed E-state index contributed by atoms with van der Waals surface area (Å²) >= 11 is 0. The van der Waals surface area contributed by atoms with Crippen LogP contribution in [0.15, 0.2) is 12.1 Å². The number of amides is 1. The number of carbonyl (C=O) groups is 1. The monoisotopic (exact) mass is 413 g/mol. The van der Waals surface area contributed by atoms with Crippen molar-refractivity contribution < 1.29 is 23.1 Å². The van der Waals surface area contributed by atoms with Crippen LogP contribution >= 0.6 is 0 Å². The summed E-state index contributed by atoms with van der Waals surface area (Å²) in [6.45, 7) is 4.92. The number of aromatic nitrogens is 4. The Morgan fingerprint density at radius 3 is 2.66 bits per heavy atom. The number of hydrogen-bond donors (Lipinski definition) is 3. The summed E-state index contributed by atoms with van der Waals surface area (Å²) in [5.74, 6) is 1.38. The SMILES string of the molecule is Cc1cc(Nc2cc(C)[nH]n2)nc(N2CC[C@H](N(C(=O)O)[C@@H](C)C(F)(F)F)C2)n1. The Morgan fingerprint density at radius 1 is 1.34 bits per heavy atom. The van der Waals surface area contributed by atoms with Gasteiger partial charge in [0, 0.05) is 36.6 Å². The normalized spacial score (nSPS) is 18.0. The maximum absolute atomic E-state index is 13.1. The lowest BCUT2D eigenvalue weighted by molar-refractivity contribution is -0.177. The van der Waals surface area contributed by atoms with E-state index in [2.05, 4.69) is 25.5 Å². The van der Waals surface area contributed by atoms with Gasteiger partial charge >= 0.3 is 12.3 Å². The van der Waals surface area contributed by atoms with E-state index in [0.29, 0.717) is 34.7 Å². The van der Waals surface area contributed by atoms with Gasteiger partial charge in [0.25, 0.3) is 0 Å². The molecule has 1 amide bonds. The largest absolute Gasteiger partial charge is 0.465 e. The Bertz CT molecular complexity index is 886. The second-order valence-corrected chi connectivity index (χ2v) is 7.05. The summed E-state index contributed by atoms with van der Waals surface area (Å²) in [5, 5.41) is 19.3. The molecule has 29 heavy (non-hydrogen) atoms. The summed E-state index contributed by atoms with van der Waals surface area (Å²) in [6, 6.07) is 0.616. The third-order valence-corrected chi connectivity index (χ3v) is 4.76. The molecule has 0 radical (unpaired) electrons. The zero-order valence-electron chi connectivity index (χ0n) is 16.2. The minimum Gasteiger partial charge on any atom is -0.465 e. The lowest BCUT2D eigenvalue weighted by atomic mass is 10.1. The first-order valence-electron chi connectivity index (χ1n) is 9.02. The summed E-state index contributed by atoms with van der Waals surface area (Å²) in [5.41, 5.74) is 1.53. The first-order valence-corrected chi connectivity index (χ1v) is 9.02. The van der Waals surface area contributed by atoms with Crippen LogP contribution in [0, 0.1) is 13.8 Å². The van der Waals surface area contributed by atoms with Gasteiger partial charge in [-0.05, 0) is 27.2 Å². The zero-order chi connectivity index (χ0) is 21.3. The van der Waals surface area contributed by atoms with E-state index in [4.69, 9.17) is 0 Å². The first kappa shape index (κ1) is 20.7. The maximum Gasteiger partial charge on any atom is 0.408 e. The molecular weight excluding hydrogens is 391 g/mol. The lowest BCUT2D eigenvalue weighted by Gasteiger charge is -2.33. The molecular formula is C17H22F3N7O2. The minimum absolute atomic E-state index is 0.0805. The molecule has 3 rings (SSSR count). The first-order chi connectivity index (χ1) is 13.5. The van der Waals surface area contributed by atoms with Crippen molar-refractivity contribution in [2.24, 2.45) is 0 Å². The number of H-pyrrole nitrogens is 1. The molecule has 3 N–H and O–H groups in total. The quantitative estimate of drug-likeness (QED) is 0.691. The molecule has 0 aliphatic carbocycles. The van der Waals surface area contributed by atoms with Crippen molar-refractivity contribution in [2.45, 2.75) is 45.5 Å². The Labute approximate surface area is 164 Å². The number of hydrogen-bond acceptors (Lipinski definition) is 6. The zero-order valence-corrected chi connectivity index (χ0v) is 16.2. The predicted molar refractivity (Wildman–Crippen MR) is 99.4 cm³/mol. The van der Waals surface area contributed by atoms with Crippen molar-refractivity contribution in [2.75, 3.05) is 23.3 Å². The smallest absolute Gasteiger partial charge is 0.408 e. The fourth-order valence-corrected chi connectivity index (χ4v) is 3.32. The highest BCUT2D eigenvalue weighted by atomic mass is 19.4. The van der Waals surface area contributed by atoms with Crippen LogP contribution in [0.2, 0.25) is 0 Å². The number of nitrogens with zero attached hydrogens (tertiary/aromatic N) is 5. The molecule has 2 aromatic heterocycles. The summed E-state index contributed by atoms with van der Waals surface area (Å²) in [4.78, 5) is 22.4. The molecule has 158 valence electrons. The van der Waals surface area contributed by atoms with Gasteiger partial charge in [0.05, 0.1) is 6.04 Å². The van der Waals surface area contributed by atoms with Crippen molar-refractivity contribution in [1.29, 1.82) is 0 Å². The number of aromatic amines is 1. The predicted octanol–water partition coefficient (Wildman–Crippen LogP) is 3.07. The number of anilines is 3. The van der Waals surface area contributed by atoms with Gasteiger partial charge in [-0.3, -0.25) is 10.00 Å². The molecule has 1 aliphatic heterocycles. The average molecular weight is 413 g/mol. The topological polar surface area (TPSA) is 110 Å². The van der Waals surface area contributed by atoms with Crippen molar-refractivity contribution in [3.05, 3.63) is 23.5 Å². The van der Waals surface area contributed by atoms with E-state index in [1.54, 1.807) is 24.0 Å². The van der Waals surface area contributed by atoms with Gasteiger partial charge in [0.2, 0.25) is 5.95 Å². The van der Waals surface area contributed by atoms with E-state index in [1.807, 2.05) is 6.92 Å². The molecule has 0 unspecified atom stereocenters. The van der Waals surface area contributed by atoms with Crippen molar-refractivity contribution in [3.8, 4) is 0 Å². The van der Waals surface area contributed by atoms with E-state index in [9.17, 15) is 23.1 Å². The number of carboxylic acid groups (broad SMARTS) is 1. The molecule has 0 spiro atoms. The molecule has 1 fully saturated rings. The molecule has 0 saturated carbocycles. The Balaban J connectivity index is 1.77. The Kier molecular flexibility index (Phi) is 5.53. The highest BCUT2D eigenvalue weighted by molar-refractivity contribution is 5.66. The van der Waals surface area contributed by atoms with Gasteiger partial charge in [-0.1, -0.05) is 0 Å². The summed E-state index contributed by atoms with van der Waals surface area (Å²) < 4.78 is 39.3. The van der Waals surface area contributed by atoms with Crippen LogP contribution in [-0.4, -0.2) is 67.6 Å². The third-order valence-electron chi connectivity index (χ3n) is 4.76. The molecule has 1 saturated heterocycles. The van der Waals surface area contributed by atoms with E-state index in [0.717, 1.165) is 12.6 Å². The fraction of sp³-hybridized carbons (Fsp3) is 0.529. The summed E-state index contributed by atoms with van der Waals surface area (Å²) in [7, 11) is 0. The van der Waals surface area contributed by atoms with Crippen LogP contribution in [0.4, 0.5) is 35.5 Å². The second kappa shape index (κ2) is 7.76. The van der Waals surface area contributed by atoms with E-state index >= 15 is 0 Å². The number of nitrogens with one attached hydrogen (secondary N) is 2. The molecule has 2 atom stereocenters. The van der Waals surface area contributed by atoms with E-state index < -0.39 is 24.4 Å². The lowest BCUT2D eigenvalue weighted by Crippen LogP contribution is -2.52. The minimum atomic E-state index is -4.63. The van der Waals surface area contributed by atoms with Gasteiger partial charge in [0.15, 0.2) is 5.82 Å². The highest BCUT2D eigenvalue weighted by Gasteiger charge is 2.46. The molecule has 9 nitrogen and oxygen atoms in total. The van der Waals surface area contributed by atoms with Crippen LogP contribution in [0.5, 0.6) is 0 Å². The number of alkyl halides is 3. The van der Waals surface area contributed by atoms with Crippen LogP contribution in [0.25, 0.3) is 0 Å². The van der Waals surface area contributed by atoms with Crippen LogP contribution in [-0.2, 0) is 0 Å².